The first-order valence-electron chi connectivity index (χ1n) is 4.96. The number of aromatic nitrogens is 2. The fourth-order valence-corrected chi connectivity index (χ4v) is 1.36. The summed E-state index contributed by atoms with van der Waals surface area (Å²) in [5, 5.41) is 9.38. The highest BCUT2D eigenvalue weighted by atomic mass is 16.3. The van der Waals surface area contributed by atoms with Gasteiger partial charge in [0.25, 0.3) is 0 Å². The number of aliphatic hydroxyl groups is 1. The minimum absolute atomic E-state index is 0.179. The van der Waals surface area contributed by atoms with Gasteiger partial charge in [-0.3, -0.25) is 0 Å². The van der Waals surface area contributed by atoms with Gasteiger partial charge in [-0.2, -0.15) is 0 Å². The first kappa shape index (κ1) is 10.3. The van der Waals surface area contributed by atoms with Gasteiger partial charge in [0, 0.05) is 25.4 Å². The average Bonchev–Trinajstić information content (AvgIpc) is 2.61. The third-order valence-corrected chi connectivity index (χ3v) is 2.31. The SMILES string of the molecule is CCC(O)CCc1nccn1CC. The minimum atomic E-state index is -0.179. The molecule has 0 aliphatic rings. The van der Waals surface area contributed by atoms with E-state index < -0.39 is 0 Å². The van der Waals surface area contributed by atoms with Gasteiger partial charge < -0.3 is 9.67 Å². The number of hydrogen-bond donors (Lipinski definition) is 1. The fraction of sp³-hybridized carbons (Fsp3) is 0.700. The molecule has 0 fully saturated rings. The molecule has 3 nitrogen and oxygen atoms in total. The van der Waals surface area contributed by atoms with Gasteiger partial charge in [-0.25, -0.2) is 4.98 Å². The molecule has 1 atom stereocenters. The Labute approximate surface area is 79.4 Å². The number of aliphatic hydroxyl groups excluding tert-OH is 1. The molecule has 74 valence electrons. The minimum Gasteiger partial charge on any atom is -0.393 e. The maximum absolute atomic E-state index is 9.38. The third-order valence-electron chi connectivity index (χ3n) is 2.31. The molecule has 1 unspecified atom stereocenters. The highest BCUT2D eigenvalue weighted by Crippen LogP contribution is 2.05. The molecule has 0 spiro atoms. The molecule has 1 N–H and O–H groups in total. The van der Waals surface area contributed by atoms with Gasteiger partial charge in [0.2, 0.25) is 0 Å². The number of rotatable bonds is 5. The maximum atomic E-state index is 9.38. The van der Waals surface area contributed by atoms with Crippen molar-refractivity contribution in [1.29, 1.82) is 0 Å². The van der Waals surface area contributed by atoms with E-state index in [1.165, 1.54) is 0 Å². The molecule has 1 heterocycles. The second-order valence-corrected chi connectivity index (χ2v) is 3.23. The van der Waals surface area contributed by atoms with Crippen molar-refractivity contribution in [3.05, 3.63) is 18.2 Å². The van der Waals surface area contributed by atoms with E-state index in [2.05, 4.69) is 16.5 Å². The van der Waals surface area contributed by atoms with Crippen LogP contribution in [0.2, 0.25) is 0 Å². The molecular weight excluding hydrogens is 164 g/mol. The molecule has 0 aromatic carbocycles. The van der Waals surface area contributed by atoms with Crippen LogP contribution in [0.4, 0.5) is 0 Å². The van der Waals surface area contributed by atoms with Gasteiger partial charge >= 0.3 is 0 Å². The average molecular weight is 182 g/mol. The van der Waals surface area contributed by atoms with Crippen molar-refractivity contribution in [3.63, 3.8) is 0 Å². The number of nitrogens with zero attached hydrogens (tertiary/aromatic N) is 2. The Bertz CT molecular complexity index is 245. The smallest absolute Gasteiger partial charge is 0.108 e. The number of imidazole rings is 1. The van der Waals surface area contributed by atoms with E-state index >= 15 is 0 Å². The van der Waals surface area contributed by atoms with Crippen molar-refractivity contribution in [2.45, 2.75) is 45.8 Å². The third kappa shape index (κ3) is 2.84. The van der Waals surface area contributed by atoms with Crippen LogP contribution in [0, 0.1) is 0 Å². The summed E-state index contributed by atoms with van der Waals surface area (Å²) in [7, 11) is 0. The lowest BCUT2D eigenvalue weighted by Crippen LogP contribution is -2.09. The van der Waals surface area contributed by atoms with Crippen LogP contribution < -0.4 is 0 Å². The van der Waals surface area contributed by atoms with E-state index in [1.807, 2.05) is 19.3 Å². The molecule has 3 heteroatoms. The molecule has 0 radical (unpaired) electrons. The normalized spacial score (nSPS) is 13.2. The van der Waals surface area contributed by atoms with Crippen molar-refractivity contribution < 1.29 is 5.11 Å². The first-order valence-corrected chi connectivity index (χ1v) is 4.96. The van der Waals surface area contributed by atoms with Gasteiger partial charge in [-0.1, -0.05) is 6.92 Å². The molecule has 0 aliphatic carbocycles. The van der Waals surface area contributed by atoms with Crippen LogP contribution >= 0.6 is 0 Å². The van der Waals surface area contributed by atoms with E-state index in [0.717, 1.165) is 31.6 Å². The van der Waals surface area contributed by atoms with Gasteiger partial charge in [0.15, 0.2) is 0 Å². The van der Waals surface area contributed by atoms with Crippen LogP contribution in [0.1, 0.15) is 32.5 Å². The molecule has 1 rings (SSSR count). The Morgan fingerprint density at radius 3 is 2.92 bits per heavy atom. The van der Waals surface area contributed by atoms with Crippen molar-refractivity contribution in [2.24, 2.45) is 0 Å². The second-order valence-electron chi connectivity index (χ2n) is 3.23. The Morgan fingerprint density at radius 2 is 2.31 bits per heavy atom. The lowest BCUT2D eigenvalue weighted by molar-refractivity contribution is 0.159. The van der Waals surface area contributed by atoms with Crippen molar-refractivity contribution in [2.75, 3.05) is 0 Å². The summed E-state index contributed by atoms with van der Waals surface area (Å²) in [5.74, 6) is 1.08. The fourth-order valence-electron chi connectivity index (χ4n) is 1.36. The van der Waals surface area contributed by atoms with Crippen LogP contribution in [-0.2, 0) is 13.0 Å². The quantitative estimate of drug-likeness (QED) is 0.751. The van der Waals surface area contributed by atoms with Gasteiger partial charge in [0.05, 0.1) is 6.10 Å². The van der Waals surface area contributed by atoms with Gasteiger partial charge in [0.1, 0.15) is 5.82 Å². The summed E-state index contributed by atoms with van der Waals surface area (Å²) in [6.45, 7) is 5.05. The highest BCUT2D eigenvalue weighted by Gasteiger charge is 2.05. The van der Waals surface area contributed by atoms with Crippen LogP contribution in [0.15, 0.2) is 12.4 Å². The van der Waals surface area contributed by atoms with Gasteiger partial charge in [-0.05, 0) is 19.8 Å². The maximum Gasteiger partial charge on any atom is 0.108 e. The summed E-state index contributed by atoms with van der Waals surface area (Å²) < 4.78 is 2.11. The molecule has 0 saturated heterocycles. The Hall–Kier alpha value is -0.830. The number of hydrogen-bond acceptors (Lipinski definition) is 2. The zero-order chi connectivity index (χ0) is 9.68. The van der Waals surface area contributed by atoms with Crippen molar-refractivity contribution in [3.8, 4) is 0 Å². The van der Waals surface area contributed by atoms with Crippen LogP contribution in [0.25, 0.3) is 0 Å². The predicted molar refractivity (Wildman–Crippen MR) is 52.5 cm³/mol. The second kappa shape index (κ2) is 5.02. The zero-order valence-corrected chi connectivity index (χ0v) is 8.40. The van der Waals surface area contributed by atoms with E-state index in [1.54, 1.807) is 0 Å². The standard InChI is InChI=1S/C10H18N2O/c1-3-9(13)5-6-10-11-7-8-12(10)4-2/h7-9,13H,3-6H2,1-2H3. The monoisotopic (exact) mass is 182 g/mol. The van der Waals surface area contributed by atoms with Crippen LogP contribution in [0.3, 0.4) is 0 Å². The molecule has 0 amide bonds. The van der Waals surface area contributed by atoms with E-state index in [-0.39, 0.29) is 6.10 Å². The topological polar surface area (TPSA) is 38.1 Å². The van der Waals surface area contributed by atoms with E-state index in [4.69, 9.17) is 0 Å². The lowest BCUT2D eigenvalue weighted by Gasteiger charge is -2.08. The molecule has 1 aromatic rings. The van der Waals surface area contributed by atoms with E-state index in [9.17, 15) is 5.11 Å². The van der Waals surface area contributed by atoms with Gasteiger partial charge in [-0.15, -0.1) is 0 Å². The summed E-state index contributed by atoms with van der Waals surface area (Å²) in [6, 6.07) is 0. The molecule has 0 saturated carbocycles. The predicted octanol–water partition coefficient (Wildman–Crippen LogP) is 1.61. The number of aryl methyl sites for hydroxylation is 2. The molecular formula is C10H18N2O. The Morgan fingerprint density at radius 1 is 1.54 bits per heavy atom. The lowest BCUT2D eigenvalue weighted by atomic mass is 10.1. The van der Waals surface area contributed by atoms with Crippen LogP contribution in [0.5, 0.6) is 0 Å². The molecule has 0 bridgehead atoms. The summed E-state index contributed by atoms with van der Waals surface area (Å²) in [5.41, 5.74) is 0. The molecule has 13 heavy (non-hydrogen) atoms. The highest BCUT2D eigenvalue weighted by molar-refractivity contribution is 4.92. The largest absolute Gasteiger partial charge is 0.393 e. The molecule has 1 aromatic heterocycles. The van der Waals surface area contributed by atoms with Crippen molar-refractivity contribution in [1.82, 2.24) is 9.55 Å². The Balaban J connectivity index is 2.44. The van der Waals surface area contributed by atoms with Crippen LogP contribution in [-0.4, -0.2) is 20.8 Å². The zero-order valence-electron chi connectivity index (χ0n) is 8.40. The summed E-state index contributed by atoms with van der Waals surface area (Å²) in [6.07, 6.45) is 6.13. The summed E-state index contributed by atoms with van der Waals surface area (Å²) in [4.78, 5) is 4.25. The van der Waals surface area contributed by atoms with Crippen molar-refractivity contribution >= 4 is 0 Å². The summed E-state index contributed by atoms with van der Waals surface area (Å²) >= 11 is 0. The molecule has 0 aliphatic heterocycles. The first-order chi connectivity index (χ1) is 6.27. The van der Waals surface area contributed by atoms with E-state index in [0.29, 0.717) is 0 Å². The Kier molecular flexibility index (Phi) is 3.96.